The molecule has 0 amide bonds. The second-order valence-electron chi connectivity index (χ2n) is 5.13. The molecule has 2 aromatic rings. The molecule has 0 saturated heterocycles. The molecule has 0 radical (unpaired) electrons. The number of halogens is 1. The fourth-order valence-electron chi connectivity index (χ4n) is 2.31. The van der Waals surface area contributed by atoms with Crippen LogP contribution in [0.2, 0.25) is 5.02 Å². The van der Waals surface area contributed by atoms with Crippen molar-refractivity contribution in [3.05, 3.63) is 59.1 Å². The van der Waals surface area contributed by atoms with Crippen LogP contribution in [0, 0.1) is 5.92 Å². The summed E-state index contributed by atoms with van der Waals surface area (Å²) in [7, 11) is 0. The van der Waals surface area contributed by atoms with Crippen LogP contribution in [0.25, 0.3) is 11.1 Å². The van der Waals surface area contributed by atoms with Crippen LogP contribution in [-0.2, 0) is 0 Å². The molecule has 1 atom stereocenters. The van der Waals surface area contributed by atoms with Crippen molar-refractivity contribution in [1.29, 1.82) is 0 Å². The van der Waals surface area contributed by atoms with E-state index >= 15 is 0 Å². The summed E-state index contributed by atoms with van der Waals surface area (Å²) in [4.78, 5) is 0. The molecule has 0 heterocycles. The van der Waals surface area contributed by atoms with Gasteiger partial charge in [0.05, 0.1) is 6.61 Å². The van der Waals surface area contributed by atoms with Crippen LogP contribution in [0.5, 0.6) is 0 Å². The first-order valence-corrected chi connectivity index (χ1v) is 6.97. The molecule has 2 rings (SSSR count). The van der Waals surface area contributed by atoms with Crippen molar-refractivity contribution in [2.24, 2.45) is 5.92 Å². The minimum atomic E-state index is 0.184. The molecule has 0 spiro atoms. The quantitative estimate of drug-likeness (QED) is 0.854. The highest BCUT2D eigenvalue weighted by atomic mass is 35.5. The zero-order chi connectivity index (χ0) is 13.8. The number of hydrogen-bond donors (Lipinski definition) is 1. The van der Waals surface area contributed by atoms with E-state index in [2.05, 4.69) is 38.1 Å². The van der Waals surface area contributed by atoms with E-state index in [0.717, 1.165) is 16.1 Å². The third kappa shape index (κ3) is 3.17. The molecule has 0 saturated carbocycles. The lowest BCUT2D eigenvalue weighted by atomic mass is 9.88. The Balaban J connectivity index is 2.31. The maximum absolute atomic E-state index is 9.46. The summed E-state index contributed by atoms with van der Waals surface area (Å²) in [5.41, 5.74) is 3.32. The van der Waals surface area contributed by atoms with Crippen LogP contribution in [0.3, 0.4) is 0 Å². The number of benzene rings is 2. The van der Waals surface area contributed by atoms with Gasteiger partial charge in [-0.15, -0.1) is 0 Å². The predicted octanol–water partition coefficient (Wildman–Crippen LogP) is 4.74. The van der Waals surface area contributed by atoms with Gasteiger partial charge < -0.3 is 5.11 Å². The predicted molar refractivity (Wildman–Crippen MR) is 81.6 cm³/mol. The number of aliphatic hydroxyl groups is 1. The summed E-state index contributed by atoms with van der Waals surface area (Å²) in [6.45, 7) is 4.44. The van der Waals surface area contributed by atoms with Crippen molar-refractivity contribution in [1.82, 2.24) is 0 Å². The van der Waals surface area contributed by atoms with Crippen LogP contribution in [0.1, 0.15) is 25.3 Å². The third-order valence-corrected chi connectivity index (χ3v) is 3.85. The molecule has 1 unspecified atom stereocenters. The lowest BCUT2D eigenvalue weighted by Gasteiger charge is -2.19. The van der Waals surface area contributed by atoms with Gasteiger partial charge in [0, 0.05) is 16.5 Å². The lowest BCUT2D eigenvalue weighted by Crippen LogP contribution is -2.10. The van der Waals surface area contributed by atoms with Crippen molar-refractivity contribution in [3.63, 3.8) is 0 Å². The minimum Gasteiger partial charge on any atom is -0.396 e. The van der Waals surface area contributed by atoms with Gasteiger partial charge in [0.15, 0.2) is 0 Å². The Morgan fingerprint density at radius 3 is 2.16 bits per heavy atom. The average Bonchev–Trinajstić information content (AvgIpc) is 2.41. The average molecular weight is 275 g/mol. The SMILES string of the molecule is CC(C)C(CO)c1ccc(-c2ccccc2Cl)cc1. The summed E-state index contributed by atoms with van der Waals surface area (Å²) in [6, 6.07) is 16.1. The van der Waals surface area contributed by atoms with E-state index in [-0.39, 0.29) is 12.5 Å². The fraction of sp³-hybridized carbons (Fsp3) is 0.294. The highest BCUT2D eigenvalue weighted by Gasteiger charge is 2.14. The summed E-state index contributed by atoms with van der Waals surface area (Å²) < 4.78 is 0. The molecule has 0 aromatic heterocycles. The summed E-state index contributed by atoms with van der Waals surface area (Å²) >= 11 is 6.20. The van der Waals surface area contributed by atoms with Gasteiger partial charge in [-0.1, -0.05) is 67.9 Å². The van der Waals surface area contributed by atoms with Crippen LogP contribution >= 0.6 is 11.6 Å². The maximum Gasteiger partial charge on any atom is 0.0502 e. The van der Waals surface area contributed by atoms with Crippen LogP contribution in [0.4, 0.5) is 0 Å². The van der Waals surface area contributed by atoms with Crippen molar-refractivity contribution < 1.29 is 5.11 Å². The zero-order valence-electron chi connectivity index (χ0n) is 11.3. The van der Waals surface area contributed by atoms with Gasteiger partial charge in [0.25, 0.3) is 0 Å². The zero-order valence-corrected chi connectivity index (χ0v) is 12.1. The van der Waals surface area contributed by atoms with E-state index in [1.54, 1.807) is 0 Å². The molecule has 2 heteroatoms. The van der Waals surface area contributed by atoms with Gasteiger partial charge in [-0.2, -0.15) is 0 Å². The minimum absolute atomic E-state index is 0.184. The topological polar surface area (TPSA) is 20.2 Å². The highest BCUT2D eigenvalue weighted by Crippen LogP contribution is 2.30. The second kappa shape index (κ2) is 6.23. The molecule has 100 valence electrons. The van der Waals surface area contributed by atoms with Gasteiger partial charge in [-0.3, -0.25) is 0 Å². The lowest BCUT2D eigenvalue weighted by molar-refractivity contribution is 0.237. The Hall–Kier alpha value is -1.31. The number of aliphatic hydroxyl groups excluding tert-OH is 1. The smallest absolute Gasteiger partial charge is 0.0502 e. The monoisotopic (exact) mass is 274 g/mol. The summed E-state index contributed by atoms with van der Waals surface area (Å²) in [6.07, 6.45) is 0. The van der Waals surface area contributed by atoms with Gasteiger partial charge in [0.2, 0.25) is 0 Å². The fourth-order valence-corrected chi connectivity index (χ4v) is 2.55. The van der Waals surface area contributed by atoms with E-state index < -0.39 is 0 Å². The molecule has 0 aliphatic carbocycles. The molecular formula is C17H19ClO. The Bertz CT molecular complexity index is 531. The van der Waals surface area contributed by atoms with Crippen molar-refractivity contribution >= 4 is 11.6 Å². The van der Waals surface area contributed by atoms with E-state index in [4.69, 9.17) is 11.6 Å². The highest BCUT2D eigenvalue weighted by molar-refractivity contribution is 6.33. The molecule has 0 fully saturated rings. The Labute approximate surface area is 119 Å². The van der Waals surface area contributed by atoms with Crippen LogP contribution in [-0.4, -0.2) is 11.7 Å². The molecule has 0 aliphatic rings. The summed E-state index contributed by atoms with van der Waals surface area (Å²) in [5, 5.41) is 10.2. The Kier molecular flexibility index (Phi) is 4.62. The van der Waals surface area contributed by atoms with Crippen LogP contribution in [0.15, 0.2) is 48.5 Å². The molecule has 19 heavy (non-hydrogen) atoms. The molecule has 0 aliphatic heterocycles. The first-order chi connectivity index (χ1) is 9.13. The van der Waals surface area contributed by atoms with E-state index in [1.807, 2.05) is 24.3 Å². The Morgan fingerprint density at radius 2 is 1.63 bits per heavy atom. The van der Waals surface area contributed by atoms with Gasteiger partial charge in [-0.05, 0) is 23.1 Å². The van der Waals surface area contributed by atoms with Gasteiger partial charge >= 0.3 is 0 Å². The van der Waals surface area contributed by atoms with Crippen molar-refractivity contribution in [3.8, 4) is 11.1 Å². The van der Waals surface area contributed by atoms with Crippen LogP contribution < -0.4 is 0 Å². The Morgan fingerprint density at radius 1 is 1.00 bits per heavy atom. The molecule has 2 aromatic carbocycles. The van der Waals surface area contributed by atoms with Crippen molar-refractivity contribution in [2.75, 3.05) is 6.61 Å². The summed E-state index contributed by atoms with van der Waals surface area (Å²) in [5.74, 6) is 0.622. The first-order valence-electron chi connectivity index (χ1n) is 6.59. The number of rotatable bonds is 4. The molecular weight excluding hydrogens is 256 g/mol. The van der Waals surface area contributed by atoms with E-state index in [0.29, 0.717) is 5.92 Å². The first kappa shape index (κ1) is 14.1. The molecule has 1 nitrogen and oxygen atoms in total. The van der Waals surface area contributed by atoms with E-state index in [9.17, 15) is 5.11 Å². The van der Waals surface area contributed by atoms with Crippen molar-refractivity contribution in [2.45, 2.75) is 19.8 Å². The molecule has 0 bridgehead atoms. The van der Waals surface area contributed by atoms with E-state index in [1.165, 1.54) is 5.56 Å². The molecule has 1 N–H and O–H groups in total. The normalized spacial score (nSPS) is 12.7. The largest absolute Gasteiger partial charge is 0.396 e. The second-order valence-corrected chi connectivity index (χ2v) is 5.54. The van der Waals surface area contributed by atoms with Gasteiger partial charge in [-0.25, -0.2) is 0 Å². The van der Waals surface area contributed by atoms with Gasteiger partial charge in [0.1, 0.15) is 0 Å². The third-order valence-electron chi connectivity index (χ3n) is 3.53. The standard InChI is InChI=1S/C17H19ClO/c1-12(2)16(11-19)14-9-7-13(8-10-14)15-5-3-4-6-17(15)18/h3-10,12,16,19H,11H2,1-2H3. The maximum atomic E-state index is 9.46. The number of hydrogen-bond acceptors (Lipinski definition) is 1.